The SMILES string of the molecule is CCCCCCC1CCC(C2(CCC3CCC(CCCC)CC3)C=CC(c3ccccc3)=CC2)CC1. The van der Waals surface area contributed by atoms with E-state index < -0.39 is 0 Å². The van der Waals surface area contributed by atoms with Crippen molar-refractivity contribution in [1.82, 2.24) is 0 Å². The molecule has 0 amide bonds. The van der Waals surface area contributed by atoms with Gasteiger partial charge in [0, 0.05) is 0 Å². The number of unbranched alkanes of at least 4 members (excludes halogenated alkanes) is 4. The molecule has 0 saturated heterocycles. The lowest BCUT2D eigenvalue weighted by molar-refractivity contribution is 0.116. The van der Waals surface area contributed by atoms with Crippen molar-refractivity contribution in [2.24, 2.45) is 29.1 Å². The van der Waals surface area contributed by atoms with Gasteiger partial charge in [0.1, 0.15) is 0 Å². The summed E-state index contributed by atoms with van der Waals surface area (Å²) >= 11 is 0. The van der Waals surface area contributed by atoms with E-state index in [4.69, 9.17) is 0 Å². The van der Waals surface area contributed by atoms with Crippen molar-refractivity contribution in [3.63, 3.8) is 0 Å². The van der Waals surface area contributed by atoms with Crippen molar-refractivity contribution >= 4 is 5.57 Å². The summed E-state index contributed by atoms with van der Waals surface area (Å²) in [7, 11) is 0. The zero-order valence-electron chi connectivity index (χ0n) is 23.9. The normalized spacial score (nSPS) is 30.8. The molecule has 4 rings (SSSR count). The number of allylic oxidation sites excluding steroid dienone is 4. The fourth-order valence-corrected chi connectivity index (χ4v) is 7.89. The van der Waals surface area contributed by atoms with E-state index in [1.54, 1.807) is 0 Å². The number of hydrogen-bond acceptors (Lipinski definition) is 0. The van der Waals surface area contributed by atoms with Crippen molar-refractivity contribution in [2.45, 2.75) is 136 Å². The molecule has 3 aliphatic carbocycles. The zero-order valence-corrected chi connectivity index (χ0v) is 23.9. The lowest BCUT2D eigenvalue weighted by Gasteiger charge is -2.44. The summed E-state index contributed by atoms with van der Waals surface area (Å²) < 4.78 is 0. The second kappa shape index (κ2) is 14.6. The minimum absolute atomic E-state index is 0.421. The van der Waals surface area contributed by atoms with Crippen molar-refractivity contribution in [3.05, 3.63) is 54.1 Å². The van der Waals surface area contributed by atoms with Crippen molar-refractivity contribution in [2.75, 3.05) is 0 Å². The molecule has 1 atom stereocenters. The Bertz CT molecular complexity index is 785. The van der Waals surface area contributed by atoms with E-state index in [9.17, 15) is 0 Å². The molecule has 36 heavy (non-hydrogen) atoms. The Labute approximate surface area is 224 Å². The van der Waals surface area contributed by atoms with Crippen LogP contribution in [0.25, 0.3) is 5.57 Å². The van der Waals surface area contributed by atoms with Crippen LogP contribution in [0.2, 0.25) is 0 Å². The summed E-state index contributed by atoms with van der Waals surface area (Å²) in [5, 5.41) is 0. The van der Waals surface area contributed by atoms with Gasteiger partial charge in [-0.3, -0.25) is 0 Å². The third-order valence-corrected chi connectivity index (χ3v) is 10.5. The van der Waals surface area contributed by atoms with E-state index >= 15 is 0 Å². The third-order valence-electron chi connectivity index (χ3n) is 10.5. The van der Waals surface area contributed by atoms with E-state index in [2.05, 4.69) is 62.4 Å². The monoisotopic (exact) mass is 488 g/mol. The van der Waals surface area contributed by atoms with E-state index in [0.717, 1.165) is 23.7 Å². The van der Waals surface area contributed by atoms with Crippen LogP contribution in [0.1, 0.15) is 141 Å². The topological polar surface area (TPSA) is 0 Å². The van der Waals surface area contributed by atoms with Gasteiger partial charge in [-0.15, -0.1) is 0 Å². The molecular formula is C36H56. The Morgan fingerprint density at radius 1 is 0.667 bits per heavy atom. The van der Waals surface area contributed by atoms with Crippen LogP contribution in [0.3, 0.4) is 0 Å². The number of benzene rings is 1. The second-order valence-electron chi connectivity index (χ2n) is 12.9. The molecule has 0 heteroatoms. The van der Waals surface area contributed by atoms with E-state index in [0.29, 0.717) is 5.41 Å². The van der Waals surface area contributed by atoms with Gasteiger partial charge < -0.3 is 0 Å². The minimum Gasteiger partial charge on any atom is -0.0771 e. The first kappa shape index (κ1) is 27.7. The van der Waals surface area contributed by atoms with Crippen molar-refractivity contribution in [1.29, 1.82) is 0 Å². The average molecular weight is 489 g/mol. The maximum Gasteiger partial charge on any atom is -0.00518 e. The first-order valence-electron chi connectivity index (χ1n) is 16.2. The Balaban J connectivity index is 1.35. The highest BCUT2D eigenvalue weighted by atomic mass is 14.4. The summed E-state index contributed by atoms with van der Waals surface area (Å²) in [5.74, 6) is 3.93. The van der Waals surface area contributed by atoms with Gasteiger partial charge in [-0.05, 0) is 72.3 Å². The molecular weight excluding hydrogens is 432 g/mol. The third kappa shape index (κ3) is 7.85. The van der Waals surface area contributed by atoms with Crippen LogP contribution in [0, 0.1) is 29.1 Å². The molecule has 0 aliphatic heterocycles. The van der Waals surface area contributed by atoms with Crippen LogP contribution < -0.4 is 0 Å². The standard InChI is InChI=1S/C36H56/c1-3-5-7-9-13-31-20-22-35(23-21-31)36(27-24-32-18-16-30(17-19-32)12-6-4-2)28-25-34(26-29-36)33-14-10-8-11-15-33/h8,10-11,14-15,25-26,28,30-32,35H,3-7,9,12-13,16-24,27,29H2,1-2H3. The molecule has 0 aromatic heterocycles. The maximum atomic E-state index is 2.72. The molecule has 1 aromatic carbocycles. The molecule has 3 aliphatic rings. The summed E-state index contributed by atoms with van der Waals surface area (Å²) in [6, 6.07) is 11.1. The molecule has 1 aromatic rings. The molecule has 0 radical (unpaired) electrons. The van der Waals surface area contributed by atoms with Crippen molar-refractivity contribution in [3.8, 4) is 0 Å². The first-order valence-corrected chi connectivity index (χ1v) is 16.2. The lowest BCUT2D eigenvalue weighted by Crippen LogP contribution is -2.33. The van der Waals surface area contributed by atoms with Gasteiger partial charge in [-0.2, -0.15) is 0 Å². The molecule has 0 spiro atoms. The largest absolute Gasteiger partial charge is 0.0771 e. The van der Waals surface area contributed by atoms with Gasteiger partial charge in [-0.25, -0.2) is 0 Å². The van der Waals surface area contributed by atoms with Gasteiger partial charge in [-0.1, -0.05) is 152 Å². The summed E-state index contributed by atoms with van der Waals surface area (Å²) in [6.07, 6.45) is 35.5. The highest BCUT2D eigenvalue weighted by Crippen LogP contribution is 2.51. The van der Waals surface area contributed by atoms with Gasteiger partial charge in [0.15, 0.2) is 0 Å². The van der Waals surface area contributed by atoms with Crippen molar-refractivity contribution < 1.29 is 0 Å². The zero-order chi connectivity index (χ0) is 25.1. The smallest absolute Gasteiger partial charge is 0.00518 e. The van der Waals surface area contributed by atoms with E-state index in [-0.39, 0.29) is 0 Å². The fraction of sp³-hybridized carbons (Fsp3) is 0.722. The Hall–Kier alpha value is -1.30. The molecule has 0 heterocycles. The number of rotatable bonds is 13. The Morgan fingerprint density at radius 2 is 1.28 bits per heavy atom. The lowest BCUT2D eigenvalue weighted by atomic mass is 9.60. The average Bonchev–Trinajstić information content (AvgIpc) is 2.95. The number of hydrogen-bond donors (Lipinski definition) is 0. The van der Waals surface area contributed by atoms with Crippen LogP contribution >= 0.6 is 0 Å². The van der Waals surface area contributed by atoms with Gasteiger partial charge >= 0.3 is 0 Å². The molecule has 2 fully saturated rings. The van der Waals surface area contributed by atoms with Crippen LogP contribution in [0.4, 0.5) is 0 Å². The second-order valence-corrected chi connectivity index (χ2v) is 12.9. The summed E-state index contributed by atoms with van der Waals surface area (Å²) in [6.45, 7) is 4.68. The highest BCUT2D eigenvalue weighted by molar-refractivity contribution is 5.75. The van der Waals surface area contributed by atoms with Gasteiger partial charge in [0.25, 0.3) is 0 Å². The Kier molecular flexibility index (Phi) is 11.2. The summed E-state index contributed by atoms with van der Waals surface area (Å²) in [4.78, 5) is 0. The van der Waals surface area contributed by atoms with Gasteiger partial charge in [0.2, 0.25) is 0 Å². The summed E-state index contributed by atoms with van der Waals surface area (Å²) in [5.41, 5.74) is 3.26. The molecule has 0 bridgehead atoms. The van der Waals surface area contributed by atoms with E-state index in [1.165, 1.54) is 133 Å². The molecule has 0 N–H and O–H groups in total. The van der Waals surface area contributed by atoms with Crippen LogP contribution in [-0.2, 0) is 0 Å². The van der Waals surface area contributed by atoms with Gasteiger partial charge in [0.05, 0.1) is 0 Å². The predicted molar refractivity (Wildman–Crippen MR) is 159 cm³/mol. The minimum atomic E-state index is 0.421. The van der Waals surface area contributed by atoms with Crippen LogP contribution in [-0.4, -0.2) is 0 Å². The molecule has 2 saturated carbocycles. The predicted octanol–water partition coefficient (Wildman–Crippen LogP) is 11.6. The fourth-order valence-electron chi connectivity index (χ4n) is 7.89. The maximum absolute atomic E-state index is 2.72. The first-order chi connectivity index (χ1) is 17.7. The Morgan fingerprint density at radius 3 is 1.89 bits per heavy atom. The molecule has 0 nitrogen and oxygen atoms in total. The quantitative estimate of drug-likeness (QED) is 0.242. The molecule has 200 valence electrons. The van der Waals surface area contributed by atoms with Crippen LogP contribution in [0.15, 0.2) is 48.6 Å². The van der Waals surface area contributed by atoms with E-state index in [1.807, 2.05) is 0 Å². The highest BCUT2D eigenvalue weighted by Gasteiger charge is 2.39. The molecule has 1 unspecified atom stereocenters. The van der Waals surface area contributed by atoms with Crippen LogP contribution in [0.5, 0.6) is 0 Å².